The summed E-state index contributed by atoms with van der Waals surface area (Å²) in [5.74, 6) is -1.43. The molecule has 0 saturated carbocycles. The van der Waals surface area contributed by atoms with Gasteiger partial charge in [-0.15, -0.1) is 0 Å². The van der Waals surface area contributed by atoms with Gasteiger partial charge in [0.2, 0.25) is 0 Å². The number of anilines is 1. The Hall–Kier alpha value is -4.02. The van der Waals surface area contributed by atoms with Crippen LogP contribution in [0.3, 0.4) is 0 Å². The largest absolute Gasteiger partial charge is 0.444 e. The summed E-state index contributed by atoms with van der Waals surface area (Å²) in [5, 5.41) is 2.76. The second-order valence-corrected chi connectivity index (χ2v) is 10.6. The fraction of sp³-hybridized carbons (Fsp3) is 0.370. The van der Waals surface area contributed by atoms with E-state index in [4.69, 9.17) is 12.6 Å². The third-order valence-electron chi connectivity index (χ3n) is 6.49. The van der Waals surface area contributed by atoms with Crippen LogP contribution in [0.1, 0.15) is 54.7 Å². The standard InChI is InChI=1S/C27H28BFN6O3/c1-15-12-35-13-16(11-21(29)24(35)32-15)33-25(36)19-6-5-18(22-23(19)31-9-8-30-22)17-7-10-34(14-20(17)28)26(37)38-27(2,3)4/h5-6,8-9,11-13,17,20H,7,10,14H2,1-4H3,(H,33,36). The van der Waals surface area contributed by atoms with Crippen molar-refractivity contribution in [3.8, 4) is 0 Å². The monoisotopic (exact) mass is 514 g/mol. The molecular weight excluding hydrogens is 486 g/mol. The predicted molar refractivity (Wildman–Crippen MR) is 142 cm³/mol. The van der Waals surface area contributed by atoms with E-state index in [0.29, 0.717) is 41.8 Å². The number of amides is 2. The van der Waals surface area contributed by atoms with Gasteiger partial charge in [0.15, 0.2) is 11.5 Å². The van der Waals surface area contributed by atoms with Gasteiger partial charge in [0.25, 0.3) is 5.91 Å². The summed E-state index contributed by atoms with van der Waals surface area (Å²) in [7, 11) is 6.54. The van der Waals surface area contributed by atoms with Crippen molar-refractivity contribution in [2.45, 2.75) is 51.5 Å². The van der Waals surface area contributed by atoms with E-state index in [0.717, 1.165) is 5.56 Å². The van der Waals surface area contributed by atoms with Crippen LogP contribution >= 0.6 is 0 Å². The maximum Gasteiger partial charge on any atom is 0.410 e. The molecule has 0 bridgehead atoms. The van der Waals surface area contributed by atoms with Crippen LogP contribution in [-0.2, 0) is 4.74 Å². The summed E-state index contributed by atoms with van der Waals surface area (Å²) in [6.45, 7) is 8.07. The van der Waals surface area contributed by atoms with Gasteiger partial charge in [-0.05, 0) is 51.7 Å². The number of ether oxygens (including phenoxy) is 1. The van der Waals surface area contributed by atoms with Crippen molar-refractivity contribution in [1.82, 2.24) is 24.3 Å². The SMILES string of the molecule is [B]C1CN(C(=O)OC(C)(C)C)CCC1c1ccc(C(=O)Nc2cc(F)c3nc(C)cn3c2)c2nccnc12. The average Bonchev–Trinajstić information content (AvgIpc) is 3.23. The lowest BCUT2D eigenvalue weighted by Crippen LogP contribution is -2.43. The zero-order chi connectivity index (χ0) is 27.2. The number of hydrogen-bond acceptors (Lipinski definition) is 6. The quantitative estimate of drug-likeness (QED) is 0.399. The number of carbonyl (C=O) groups excluding carboxylic acids is 2. The van der Waals surface area contributed by atoms with E-state index in [9.17, 15) is 14.0 Å². The van der Waals surface area contributed by atoms with Gasteiger partial charge in [0.05, 0.1) is 30.3 Å². The Morgan fingerprint density at radius 3 is 2.61 bits per heavy atom. The van der Waals surface area contributed by atoms with Crippen LogP contribution in [-0.4, -0.2) is 62.8 Å². The number of hydrogen-bond donors (Lipinski definition) is 1. The van der Waals surface area contributed by atoms with Crippen LogP contribution in [0.15, 0.2) is 43.0 Å². The number of piperidine rings is 1. The van der Waals surface area contributed by atoms with E-state index in [-0.39, 0.29) is 29.2 Å². The molecule has 1 aromatic carbocycles. The highest BCUT2D eigenvalue weighted by molar-refractivity contribution is 6.14. The third kappa shape index (κ3) is 5.05. The highest BCUT2D eigenvalue weighted by Crippen LogP contribution is 2.38. The van der Waals surface area contributed by atoms with Crippen molar-refractivity contribution in [3.63, 3.8) is 0 Å². The molecule has 4 heterocycles. The molecule has 11 heteroatoms. The first kappa shape index (κ1) is 25.6. The lowest BCUT2D eigenvalue weighted by atomic mass is 9.69. The van der Waals surface area contributed by atoms with Crippen molar-refractivity contribution in [2.75, 3.05) is 18.4 Å². The van der Waals surface area contributed by atoms with Crippen molar-refractivity contribution >= 4 is 42.2 Å². The minimum absolute atomic E-state index is 0.0917. The Balaban J connectivity index is 1.40. The summed E-state index contributed by atoms with van der Waals surface area (Å²) in [6.07, 6.45) is 6.61. The van der Waals surface area contributed by atoms with Gasteiger partial charge >= 0.3 is 6.09 Å². The van der Waals surface area contributed by atoms with E-state index in [1.165, 1.54) is 16.7 Å². The van der Waals surface area contributed by atoms with Crippen molar-refractivity contribution in [3.05, 3.63) is 65.6 Å². The molecule has 2 atom stereocenters. The molecule has 0 aliphatic carbocycles. The third-order valence-corrected chi connectivity index (χ3v) is 6.49. The summed E-state index contributed by atoms with van der Waals surface area (Å²) in [4.78, 5) is 40.5. The minimum Gasteiger partial charge on any atom is -0.444 e. The molecule has 2 unspecified atom stereocenters. The maximum absolute atomic E-state index is 14.5. The lowest BCUT2D eigenvalue weighted by Gasteiger charge is -2.38. The van der Waals surface area contributed by atoms with Crippen LogP contribution in [0, 0.1) is 12.7 Å². The predicted octanol–water partition coefficient (Wildman–Crippen LogP) is 4.66. The van der Waals surface area contributed by atoms with Gasteiger partial charge in [-0.1, -0.05) is 11.9 Å². The molecule has 2 amide bonds. The molecule has 3 aromatic heterocycles. The fourth-order valence-corrected chi connectivity index (χ4v) is 4.87. The van der Waals surface area contributed by atoms with Crippen molar-refractivity contribution in [2.24, 2.45) is 0 Å². The zero-order valence-corrected chi connectivity index (χ0v) is 21.7. The van der Waals surface area contributed by atoms with Crippen LogP contribution in [0.2, 0.25) is 5.82 Å². The number of fused-ring (bicyclic) bond motifs is 2. The Morgan fingerprint density at radius 2 is 1.89 bits per heavy atom. The van der Waals surface area contributed by atoms with Gasteiger partial charge in [0, 0.05) is 43.9 Å². The molecule has 0 spiro atoms. The van der Waals surface area contributed by atoms with Gasteiger partial charge in [-0.3, -0.25) is 14.8 Å². The van der Waals surface area contributed by atoms with E-state index in [1.54, 1.807) is 36.5 Å². The second kappa shape index (κ2) is 9.70. The highest BCUT2D eigenvalue weighted by Gasteiger charge is 2.33. The molecule has 1 aliphatic heterocycles. The molecule has 5 rings (SSSR count). The smallest absolute Gasteiger partial charge is 0.410 e. The van der Waals surface area contributed by atoms with Gasteiger partial charge in [-0.2, -0.15) is 0 Å². The number of rotatable bonds is 3. The van der Waals surface area contributed by atoms with Crippen molar-refractivity contribution < 1.29 is 18.7 Å². The first-order valence-electron chi connectivity index (χ1n) is 12.4. The summed E-state index contributed by atoms with van der Waals surface area (Å²) in [6, 6.07) is 4.76. The van der Waals surface area contributed by atoms with Gasteiger partial charge in [0.1, 0.15) is 11.1 Å². The zero-order valence-electron chi connectivity index (χ0n) is 21.7. The first-order valence-corrected chi connectivity index (χ1v) is 12.4. The number of halogens is 1. The molecule has 4 aromatic rings. The summed E-state index contributed by atoms with van der Waals surface area (Å²) in [5.41, 5.74) is 2.71. The highest BCUT2D eigenvalue weighted by atomic mass is 19.1. The topological polar surface area (TPSA) is 102 Å². The van der Waals surface area contributed by atoms with Crippen LogP contribution in [0.4, 0.5) is 14.9 Å². The number of benzene rings is 1. The molecule has 1 saturated heterocycles. The normalized spacial score (nSPS) is 18.1. The van der Waals surface area contributed by atoms with E-state index < -0.39 is 17.3 Å². The number of likely N-dealkylation sites (tertiary alicyclic amines) is 1. The molecular formula is C27H28BFN6O3. The number of carbonyl (C=O) groups is 2. The lowest BCUT2D eigenvalue weighted by molar-refractivity contribution is 0.0205. The number of aryl methyl sites for hydroxylation is 1. The number of nitrogens with one attached hydrogen (secondary N) is 1. The van der Waals surface area contributed by atoms with Gasteiger partial charge < -0.3 is 19.4 Å². The van der Waals surface area contributed by atoms with Crippen LogP contribution < -0.4 is 5.32 Å². The Labute approximate surface area is 220 Å². The molecule has 1 aliphatic rings. The number of imidazole rings is 1. The molecule has 38 heavy (non-hydrogen) atoms. The van der Waals surface area contributed by atoms with E-state index in [1.807, 2.05) is 26.8 Å². The molecule has 2 radical (unpaired) electrons. The van der Waals surface area contributed by atoms with Crippen molar-refractivity contribution in [1.29, 1.82) is 0 Å². The summed E-state index contributed by atoms with van der Waals surface area (Å²) >= 11 is 0. The van der Waals surface area contributed by atoms with Crippen LogP contribution in [0.25, 0.3) is 16.7 Å². The summed E-state index contributed by atoms with van der Waals surface area (Å²) < 4.78 is 21.5. The average molecular weight is 514 g/mol. The minimum atomic E-state index is -0.588. The Kier molecular flexibility index (Phi) is 6.54. The second-order valence-electron chi connectivity index (χ2n) is 10.6. The molecule has 1 N–H and O–H groups in total. The fourth-order valence-electron chi connectivity index (χ4n) is 4.87. The number of nitrogens with zero attached hydrogens (tertiary/aromatic N) is 5. The van der Waals surface area contributed by atoms with E-state index in [2.05, 4.69) is 20.3 Å². The van der Waals surface area contributed by atoms with E-state index >= 15 is 0 Å². The Morgan fingerprint density at radius 1 is 1.16 bits per heavy atom. The number of aromatic nitrogens is 4. The first-order chi connectivity index (χ1) is 18.0. The van der Waals surface area contributed by atoms with Gasteiger partial charge in [-0.25, -0.2) is 14.2 Å². The molecule has 194 valence electrons. The molecule has 9 nitrogen and oxygen atoms in total. The number of pyridine rings is 1. The van der Waals surface area contributed by atoms with Crippen LogP contribution in [0.5, 0.6) is 0 Å². The Bertz CT molecular complexity index is 1550. The maximum atomic E-state index is 14.5. The molecule has 1 fully saturated rings.